The standard InChI is InChI=1S/C21H34N/c1-13(2)11-17-12-15(4)18-8-7-16(5)21(22-6)10-9-14(3)19(17)20(18)21/h9,11,15-20H,7-8,10,12H2,1-6H3/q-1. The first-order valence-electron chi connectivity index (χ1n) is 9.33. The first-order valence-corrected chi connectivity index (χ1v) is 9.33. The van der Waals surface area contributed by atoms with Crippen LogP contribution in [-0.4, -0.2) is 12.6 Å². The Kier molecular flexibility index (Phi) is 4.31. The van der Waals surface area contributed by atoms with Gasteiger partial charge in [0.05, 0.1) is 0 Å². The third kappa shape index (κ3) is 2.31. The van der Waals surface area contributed by atoms with Crippen LogP contribution in [-0.2, 0) is 0 Å². The van der Waals surface area contributed by atoms with Crippen molar-refractivity contribution < 1.29 is 0 Å². The van der Waals surface area contributed by atoms with Gasteiger partial charge in [-0.3, -0.25) is 0 Å². The lowest BCUT2D eigenvalue weighted by Crippen LogP contribution is -2.59. The summed E-state index contributed by atoms with van der Waals surface area (Å²) in [6.45, 7) is 11.9. The van der Waals surface area contributed by atoms with Gasteiger partial charge in [0.2, 0.25) is 0 Å². The molecule has 124 valence electrons. The molecule has 3 rings (SSSR count). The molecule has 7 unspecified atom stereocenters. The van der Waals surface area contributed by atoms with E-state index in [-0.39, 0.29) is 5.54 Å². The number of hydrogen-bond donors (Lipinski definition) is 0. The lowest BCUT2D eigenvalue weighted by molar-refractivity contribution is -0.0302. The summed E-state index contributed by atoms with van der Waals surface area (Å²) in [6.07, 6.45) is 10.5. The fourth-order valence-corrected chi connectivity index (χ4v) is 6.28. The van der Waals surface area contributed by atoms with E-state index in [0.717, 1.165) is 35.5 Å². The van der Waals surface area contributed by atoms with E-state index >= 15 is 0 Å². The molecule has 1 heteroatoms. The van der Waals surface area contributed by atoms with Crippen LogP contribution in [0.1, 0.15) is 60.3 Å². The predicted octanol–water partition coefficient (Wildman–Crippen LogP) is 5.98. The molecule has 0 heterocycles. The normalized spacial score (nSPS) is 47.5. The summed E-state index contributed by atoms with van der Waals surface area (Å²) < 4.78 is 0. The van der Waals surface area contributed by atoms with Crippen LogP contribution in [0.3, 0.4) is 0 Å². The second-order valence-corrected chi connectivity index (χ2v) is 8.68. The summed E-state index contributed by atoms with van der Waals surface area (Å²) in [6, 6.07) is 0. The molecule has 2 fully saturated rings. The fraction of sp³-hybridized carbons (Fsp3) is 0.810. The summed E-state index contributed by atoms with van der Waals surface area (Å²) in [5.74, 6) is 4.70. The third-order valence-corrected chi connectivity index (χ3v) is 7.29. The zero-order valence-corrected chi connectivity index (χ0v) is 15.4. The third-order valence-electron chi connectivity index (χ3n) is 7.29. The van der Waals surface area contributed by atoms with Crippen LogP contribution in [0.15, 0.2) is 23.3 Å². The van der Waals surface area contributed by atoms with Gasteiger partial charge < -0.3 is 5.32 Å². The maximum atomic E-state index is 5.08. The first-order chi connectivity index (χ1) is 10.4. The minimum absolute atomic E-state index is 0.218. The van der Waals surface area contributed by atoms with Crippen molar-refractivity contribution in [1.82, 2.24) is 0 Å². The molecule has 2 saturated carbocycles. The average molecular weight is 301 g/mol. The molecule has 1 nitrogen and oxygen atoms in total. The summed E-state index contributed by atoms with van der Waals surface area (Å²) >= 11 is 0. The van der Waals surface area contributed by atoms with E-state index in [1.807, 2.05) is 0 Å². The molecule has 0 N–H and O–H groups in total. The van der Waals surface area contributed by atoms with Crippen molar-refractivity contribution in [3.8, 4) is 0 Å². The topological polar surface area (TPSA) is 14.1 Å². The van der Waals surface area contributed by atoms with Crippen molar-refractivity contribution in [2.45, 2.75) is 65.8 Å². The summed E-state index contributed by atoms with van der Waals surface area (Å²) in [7, 11) is 2.10. The first kappa shape index (κ1) is 16.3. The van der Waals surface area contributed by atoms with E-state index < -0.39 is 0 Å². The van der Waals surface area contributed by atoms with Gasteiger partial charge in [-0.1, -0.05) is 49.5 Å². The highest BCUT2D eigenvalue weighted by Gasteiger charge is 2.53. The van der Waals surface area contributed by atoms with E-state index in [1.165, 1.54) is 31.3 Å². The molecule has 0 aromatic carbocycles. The van der Waals surface area contributed by atoms with Crippen molar-refractivity contribution in [1.29, 1.82) is 0 Å². The Hall–Kier alpha value is -0.560. The Morgan fingerprint density at radius 2 is 2.00 bits per heavy atom. The quantitative estimate of drug-likeness (QED) is 0.557. The van der Waals surface area contributed by atoms with Crippen LogP contribution in [0.2, 0.25) is 0 Å². The van der Waals surface area contributed by atoms with Gasteiger partial charge in [-0.25, -0.2) is 0 Å². The number of allylic oxidation sites excluding steroid dienone is 3. The lowest BCUT2D eigenvalue weighted by Gasteiger charge is -2.68. The van der Waals surface area contributed by atoms with Crippen LogP contribution >= 0.6 is 0 Å². The highest BCUT2D eigenvalue weighted by atomic mass is 15.0. The van der Waals surface area contributed by atoms with E-state index in [1.54, 1.807) is 5.57 Å². The van der Waals surface area contributed by atoms with Crippen molar-refractivity contribution in [2.75, 3.05) is 7.05 Å². The fourth-order valence-electron chi connectivity index (χ4n) is 6.28. The van der Waals surface area contributed by atoms with Gasteiger partial charge in [-0.05, 0) is 69.6 Å². The minimum atomic E-state index is 0.218. The average Bonchev–Trinajstić information content (AvgIpc) is 2.46. The van der Waals surface area contributed by atoms with Crippen LogP contribution in [0.5, 0.6) is 0 Å². The minimum Gasteiger partial charge on any atom is -0.659 e. The van der Waals surface area contributed by atoms with Crippen LogP contribution in [0.4, 0.5) is 0 Å². The van der Waals surface area contributed by atoms with Gasteiger partial charge >= 0.3 is 0 Å². The maximum absolute atomic E-state index is 5.08. The highest BCUT2D eigenvalue weighted by Crippen LogP contribution is 2.62. The predicted molar refractivity (Wildman–Crippen MR) is 96.0 cm³/mol. The Balaban J connectivity index is 2.09. The molecule has 7 atom stereocenters. The summed E-state index contributed by atoms with van der Waals surface area (Å²) in [5.41, 5.74) is 3.35. The highest BCUT2D eigenvalue weighted by molar-refractivity contribution is 5.30. The molecule has 0 bridgehead atoms. The van der Waals surface area contributed by atoms with Gasteiger partial charge in [0.1, 0.15) is 0 Å². The Labute approximate surface area is 137 Å². The molecule has 0 amide bonds. The van der Waals surface area contributed by atoms with E-state index in [4.69, 9.17) is 5.32 Å². The van der Waals surface area contributed by atoms with E-state index in [9.17, 15) is 0 Å². The van der Waals surface area contributed by atoms with Crippen LogP contribution in [0, 0.1) is 35.5 Å². The molecule has 0 aromatic heterocycles. The molecule has 0 saturated heterocycles. The number of nitrogens with zero attached hydrogens (tertiary/aromatic N) is 1. The SMILES string of the molecule is C[N-]C12CC=C(C)C3C(C=C(C)C)CC(C)C(CCC1C)C32. The largest absolute Gasteiger partial charge is 0.659 e. The number of hydrogen-bond acceptors (Lipinski definition) is 0. The molecule has 3 aliphatic carbocycles. The van der Waals surface area contributed by atoms with Crippen molar-refractivity contribution in [3.05, 3.63) is 28.6 Å². The van der Waals surface area contributed by atoms with Crippen molar-refractivity contribution in [2.24, 2.45) is 35.5 Å². The molecule has 0 aromatic rings. The van der Waals surface area contributed by atoms with Crippen LogP contribution < -0.4 is 0 Å². The second-order valence-electron chi connectivity index (χ2n) is 8.68. The molecule has 22 heavy (non-hydrogen) atoms. The van der Waals surface area contributed by atoms with Gasteiger partial charge in [-0.15, -0.1) is 5.54 Å². The molecular formula is C21H34N-. The van der Waals surface area contributed by atoms with Gasteiger partial charge in [0.15, 0.2) is 0 Å². The molecule has 0 radical (unpaired) electrons. The van der Waals surface area contributed by atoms with Crippen molar-refractivity contribution in [3.63, 3.8) is 0 Å². The van der Waals surface area contributed by atoms with Gasteiger partial charge in [-0.2, -0.15) is 7.05 Å². The van der Waals surface area contributed by atoms with Crippen LogP contribution in [0.25, 0.3) is 5.32 Å². The Morgan fingerprint density at radius 1 is 1.27 bits per heavy atom. The van der Waals surface area contributed by atoms with Crippen molar-refractivity contribution >= 4 is 0 Å². The zero-order valence-electron chi connectivity index (χ0n) is 15.4. The lowest BCUT2D eigenvalue weighted by atomic mass is 9.46. The molecule has 0 aliphatic heterocycles. The summed E-state index contributed by atoms with van der Waals surface area (Å²) in [4.78, 5) is 0. The van der Waals surface area contributed by atoms with E-state index in [0.29, 0.717) is 0 Å². The zero-order chi connectivity index (χ0) is 16.1. The van der Waals surface area contributed by atoms with Gasteiger partial charge in [0, 0.05) is 0 Å². The molecule has 3 aliphatic rings. The van der Waals surface area contributed by atoms with E-state index in [2.05, 4.69) is 53.8 Å². The Morgan fingerprint density at radius 3 is 2.64 bits per heavy atom. The Bertz CT molecular complexity index is 484. The number of rotatable bonds is 2. The van der Waals surface area contributed by atoms with Gasteiger partial charge in [0.25, 0.3) is 0 Å². The second kappa shape index (κ2) is 5.82. The monoisotopic (exact) mass is 300 g/mol. The molecule has 0 spiro atoms. The maximum Gasteiger partial charge on any atom is -0.0123 e. The summed E-state index contributed by atoms with van der Waals surface area (Å²) in [5, 5.41) is 5.08. The smallest absolute Gasteiger partial charge is 0.0123 e. The molecular weight excluding hydrogens is 266 g/mol.